The van der Waals surface area contributed by atoms with Crippen LogP contribution in [0.15, 0.2) is 104 Å². The molecule has 0 saturated carbocycles. The summed E-state index contributed by atoms with van der Waals surface area (Å²) in [5.41, 5.74) is 9.04. The molecule has 25 nitrogen and oxygen atoms in total. The first-order valence-electron chi connectivity index (χ1n) is 37.8. The van der Waals surface area contributed by atoms with E-state index in [0.29, 0.717) is 95.0 Å². The summed E-state index contributed by atoms with van der Waals surface area (Å²) in [6, 6.07) is 24.1. The molecule has 4 aromatic carbocycles. The van der Waals surface area contributed by atoms with Gasteiger partial charge in [-0.15, -0.1) is 0 Å². The lowest BCUT2D eigenvalue weighted by Gasteiger charge is -2.30. The third-order valence-electron chi connectivity index (χ3n) is 19.7. The first kappa shape index (κ1) is 85.8. The number of esters is 3. The molecule has 0 atom stereocenters. The molecule has 2 amide bonds. The molecular formula is C85H111F2N11O14. The van der Waals surface area contributed by atoms with Gasteiger partial charge in [0.05, 0.1) is 72.0 Å². The summed E-state index contributed by atoms with van der Waals surface area (Å²) in [5, 5.41) is 20.3. The smallest absolute Gasteiger partial charge is 0.342 e. The number of rotatable bonds is 22. The molecule has 3 aromatic heterocycles. The van der Waals surface area contributed by atoms with Crippen molar-refractivity contribution in [1.29, 1.82) is 0 Å². The SMILES string of the molecule is C.COc1ccc(Cn2nc3c(c2C)C(C)(C)CN(C(=O)c2ccc(OCCN4CCOCC4)c(F)c2)C=C3C(=O)OC(C)C)cc1.COc1ccc(Cn2nc3c(c2C)C(C)(C)CNC=C3C(=O)OC(C)C)cc1.Cc1[nH]nc2c1C(C)(C)CN(C(=O)c1ccc(OCCN3CCOCC3)c(F)c1)C=C2C(=O)OC(C)C. The largest absolute Gasteiger partial charge is 0.497 e. The number of carbonyl (C=O) groups is 5. The Bertz CT molecular complexity index is 4560. The molecule has 12 rings (SSSR count). The number of fused-ring (bicyclic) bond motifs is 3. The number of hydrogen-bond acceptors (Lipinski definition) is 20. The van der Waals surface area contributed by atoms with E-state index in [1.165, 1.54) is 52.5 Å². The van der Waals surface area contributed by atoms with Gasteiger partial charge in [-0.2, -0.15) is 15.3 Å². The predicted molar refractivity (Wildman–Crippen MR) is 423 cm³/mol. The molecule has 604 valence electrons. The number of carbonyl (C=O) groups excluding carboxylic acids is 5. The van der Waals surface area contributed by atoms with Crippen LogP contribution < -0.4 is 24.3 Å². The molecule has 0 bridgehead atoms. The number of amides is 2. The van der Waals surface area contributed by atoms with Crippen molar-refractivity contribution in [2.45, 2.75) is 159 Å². The Kier molecular flexibility index (Phi) is 28.6. The average Bonchev–Trinajstić information content (AvgIpc) is 1.61. The molecule has 0 radical (unpaired) electrons. The number of halogens is 2. The second-order valence-electron chi connectivity index (χ2n) is 31.0. The summed E-state index contributed by atoms with van der Waals surface area (Å²) in [7, 11) is 3.28. The van der Waals surface area contributed by atoms with Crippen molar-refractivity contribution in [2.24, 2.45) is 0 Å². The number of methoxy groups -OCH3 is 2. The summed E-state index contributed by atoms with van der Waals surface area (Å²) in [6.45, 7) is 39.2. The number of benzene rings is 4. The lowest BCUT2D eigenvalue weighted by atomic mass is 9.82. The lowest BCUT2D eigenvalue weighted by molar-refractivity contribution is -0.141. The van der Waals surface area contributed by atoms with Crippen molar-refractivity contribution in [3.05, 3.63) is 188 Å². The van der Waals surface area contributed by atoms with Gasteiger partial charge in [0.25, 0.3) is 11.8 Å². The van der Waals surface area contributed by atoms with Crippen molar-refractivity contribution in [2.75, 3.05) is 113 Å². The number of aromatic amines is 1. The van der Waals surface area contributed by atoms with Gasteiger partial charge in [0, 0.05) is 139 Å². The Morgan fingerprint density at radius 2 is 0.902 bits per heavy atom. The monoisotopic (exact) mass is 1550 g/mol. The number of aromatic nitrogens is 6. The zero-order valence-electron chi connectivity index (χ0n) is 67.1. The minimum Gasteiger partial charge on any atom is -0.497 e. The van der Waals surface area contributed by atoms with Crippen molar-refractivity contribution in [3.8, 4) is 23.0 Å². The quantitative estimate of drug-likeness (QED) is 0.0472. The molecule has 0 unspecified atom stereocenters. The summed E-state index contributed by atoms with van der Waals surface area (Å²) in [5.74, 6) is -1.88. The molecule has 2 fully saturated rings. The maximum absolute atomic E-state index is 15.2. The van der Waals surface area contributed by atoms with Crippen LogP contribution >= 0.6 is 0 Å². The third kappa shape index (κ3) is 20.9. The van der Waals surface area contributed by atoms with E-state index in [0.717, 1.165) is 82.6 Å². The van der Waals surface area contributed by atoms with Gasteiger partial charge >= 0.3 is 17.9 Å². The van der Waals surface area contributed by atoms with E-state index in [-0.39, 0.29) is 84.0 Å². The van der Waals surface area contributed by atoms with Crippen LogP contribution in [0.4, 0.5) is 8.78 Å². The molecule has 5 aliphatic heterocycles. The highest BCUT2D eigenvalue weighted by Gasteiger charge is 2.42. The standard InChI is InChI=1S/C35H43FN4O6.C27H35FN4O5.C22H29N3O3.CH4/c1-23(2)46-34(42)28-21-39(33(41)26-9-12-30(29(36)19-26)45-18-15-38-13-16-44-17-14-38)22-35(4,5)31-24(3)40(37-32(28)31)20-25-7-10-27(43-6)11-8-25;1-17(2)37-26(34)20-15-32(16-27(4,5)23-18(3)29-30-24(20)23)25(33)19-6-7-22(21(28)14-19)36-13-10-31-8-11-35-12-9-31;1-14(2)28-21(26)18-11-23-13-22(4,5)19-15(3)25(24-20(18)19)12-16-7-9-17(27-6)10-8-16;/h7-12,19,21,23H,13-18,20,22H2,1-6H3;6-7,14-15,17H,8-13,16H2,1-5H3,(H,29,30);7-11,14,23H,12-13H2,1-6H3;1H4. The van der Waals surface area contributed by atoms with E-state index in [1.807, 2.05) is 113 Å². The van der Waals surface area contributed by atoms with E-state index < -0.39 is 46.2 Å². The van der Waals surface area contributed by atoms with Gasteiger partial charge in [-0.25, -0.2) is 23.2 Å². The van der Waals surface area contributed by atoms with Crippen LogP contribution in [-0.4, -0.2) is 210 Å². The second-order valence-corrected chi connectivity index (χ2v) is 31.0. The molecule has 112 heavy (non-hydrogen) atoms. The molecule has 8 heterocycles. The molecule has 2 saturated heterocycles. The van der Waals surface area contributed by atoms with E-state index in [9.17, 15) is 28.4 Å². The first-order valence-corrected chi connectivity index (χ1v) is 37.8. The maximum Gasteiger partial charge on any atom is 0.342 e. The molecule has 2 N–H and O–H groups in total. The van der Waals surface area contributed by atoms with Gasteiger partial charge in [-0.3, -0.25) is 33.9 Å². The van der Waals surface area contributed by atoms with Gasteiger partial charge in [-0.05, 0) is 134 Å². The van der Waals surface area contributed by atoms with E-state index in [1.54, 1.807) is 54.2 Å². The topological polar surface area (TPSA) is 258 Å². The third-order valence-corrected chi connectivity index (χ3v) is 19.7. The molecule has 27 heteroatoms. The fraction of sp³-hybridized carbons (Fsp3) is 0.482. The normalized spacial score (nSPS) is 16.4. The minimum absolute atomic E-state index is 0. The Labute approximate surface area is 656 Å². The van der Waals surface area contributed by atoms with E-state index >= 15 is 4.39 Å². The fourth-order valence-corrected chi connectivity index (χ4v) is 14.4. The van der Waals surface area contributed by atoms with Crippen LogP contribution in [0.2, 0.25) is 0 Å². The Morgan fingerprint density at radius 1 is 0.518 bits per heavy atom. The van der Waals surface area contributed by atoms with Gasteiger partial charge in [0.1, 0.15) is 58.5 Å². The first-order chi connectivity index (χ1) is 52.7. The highest BCUT2D eigenvalue weighted by atomic mass is 19.1. The Hall–Kier alpha value is -10.2. The Morgan fingerprint density at radius 3 is 1.30 bits per heavy atom. The van der Waals surface area contributed by atoms with Crippen molar-refractivity contribution < 1.29 is 75.4 Å². The number of nitrogens with one attached hydrogen (secondary N) is 2. The number of hydrogen-bond donors (Lipinski definition) is 2. The maximum atomic E-state index is 15.2. The number of ether oxygens (including phenoxy) is 9. The predicted octanol–water partition coefficient (Wildman–Crippen LogP) is 12.2. The summed E-state index contributed by atoms with van der Waals surface area (Å²) in [4.78, 5) is 73.9. The summed E-state index contributed by atoms with van der Waals surface area (Å²) < 4.78 is 83.0. The van der Waals surface area contributed by atoms with Crippen LogP contribution in [0, 0.1) is 32.4 Å². The van der Waals surface area contributed by atoms with Crippen LogP contribution in [0.1, 0.15) is 173 Å². The highest BCUT2D eigenvalue weighted by Crippen LogP contribution is 2.41. The van der Waals surface area contributed by atoms with Crippen LogP contribution in [0.3, 0.4) is 0 Å². The van der Waals surface area contributed by atoms with Crippen molar-refractivity contribution >= 4 is 46.4 Å². The van der Waals surface area contributed by atoms with Gasteiger partial charge < -0.3 is 57.7 Å². The van der Waals surface area contributed by atoms with Crippen LogP contribution in [0.25, 0.3) is 16.7 Å². The van der Waals surface area contributed by atoms with Gasteiger partial charge in [0.2, 0.25) is 0 Å². The zero-order valence-corrected chi connectivity index (χ0v) is 67.1. The number of morpholine rings is 2. The zero-order chi connectivity index (χ0) is 80.2. The minimum atomic E-state index is -0.626. The summed E-state index contributed by atoms with van der Waals surface area (Å²) in [6.07, 6.45) is 3.78. The number of aryl methyl sites for hydroxylation is 1. The molecular weight excluding hydrogens is 1440 g/mol. The number of nitrogens with zero attached hydrogens (tertiary/aromatic N) is 9. The van der Waals surface area contributed by atoms with E-state index in [4.69, 9.17) is 52.8 Å². The second kappa shape index (κ2) is 37.4. The molecule has 0 aliphatic carbocycles. The molecule has 7 aromatic rings. The van der Waals surface area contributed by atoms with Crippen molar-refractivity contribution in [1.82, 2.24) is 54.7 Å². The average molecular weight is 1550 g/mol. The molecule has 5 aliphatic rings. The number of H-pyrrole nitrogens is 1. The van der Waals surface area contributed by atoms with E-state index in [2.05, 4.69) is 46.1 Å². The van der Waals surface area contributed by atoms with Crippen LogP contribution in [0.5, 0.6) is 23.0 Å². The van der Waals surface area contributed by atoms with Crippen LogP contribution in [-0.2, 0) is 67.4 Å². The molecule has 0 spiro atoms. The fourth-order valence-electron chi connectivity index (χ4n) is 14.4. The van der Waals surface area contributed by atoms with Gasteiger partial charge in [0.15, 0.2) is 23.1 Å². The lowest BCUT2D eigenvalue weighted by Crippen LogP contribution is -2.38. The summed E-state index contributed by atoms with van der Waals surface area (Å²) >= 11 is 0. The van der Waals surface area contributed by atoms with Gasteiger partial charge in [-0.1, -0.05) is 73.2 Å². The van der Waals surface area contributed by atoms with Crippen molar-refractivity contribution in [3.63, 3.8) is 0 Å². The highest BCUT2D eigenvalue weighted by molar-refractivity contribution is 6.18. The Balaban J connectivity index is 0.000000198.